The van der Waals surface area contributed by atoms with Crippen molar-refractivity contribution < 1.29 is 4.92 Å². The molecule has 0 fully saturated rings. The summed E-state index contributed by atoms with van der Waals surface area (Å²) in [6.07, 6.45) is 1.07. The van der Waals surface area contributed by atoms with Gasteiger partial charge in [0.25, 0.3) is 5.69 Å². The van der Waals surface area contributed by atoms with Crippen molar-refractivity contribution in [1.29, 1.82) is 0 Å². The molecule has 0 unspecified atom stereocenters. The van der Waals surface area contributed by atoms with Gasteiger partial charge in [-0.3, -0.25) is 10.1 Å². The fraction of sp³-hybridized carbons (Fsp3) is 0.250. The van der Waals surface area contributed by atoms with E-state index >= 15 is 0 Å². The first kappa shape index (κ1) is 15.5. The Kier molecular flexibility index (Phi) is 5.31. The predicted octanol–water partition coefficient (Wildman–Crippen LogP) is 4.41. The Morgan fingerprint density at radius 1 is 1.19 bits per heavy atom. The molecule has 110 valence electrons. The van der Waals surface area contributed by atoms with Crippen LogP contribution in [0.5, 0.6) is 0 Å². The molecule has 0 aliphatic heterocycles. The molecule has 0 aliphatic rings. The molecule has 4 nitrogen and oxygen atoms in total. The van der Waals surface area contributed by atoms with Gasteiger partial charge in [0.05, 0.1) is 4.92 Å². The highest BCUT2D eigenvalue weighted by atomic mass is 35.5. The van der Waals surface area contributed by atoms with Gasteiger partial charge in [0.1, 0.15) is 0 Å². The molecule has 2 rings (SSSR count). The molecule has 0 bridgehead atoms. The number of nitrogens with one attached hydrogen (secondary N) is 1. The van der Waals surface area contributed by atoms with Crippen molar-refractivity contribution in [3.05, 3.63) is 63.2 Å². The number of halogens is 1. The second kappa shape index (κ2) is 7.20. The zero-order valence-electron chi connectivity index (χ0n) is 11.8. The lowest BCUT2D eigenvalue weighted by Gasteiger charge is -2.08. The van der Waals surface area contributed by atoms with Crippen LogP contribution in [0.2, 0.25) is 5.02 Å². The molecule has 0 aliphatic carbocycles. The smallest absolute Gasteiger partial charge is 0.270 e. The fourth-order valence-electron chi connectivity index (χ4n) is 2.07. The molecule has 0 atom stereocenters. The minimum Gasteiger partial charge on any atom is -0.313 e. The molecule has 0 amide bonds. The van der Waals surface area contributed by atoms with Crippen LogP contribution in [0.1, 0.15) is 18.9 Å². The maximum absolute atomic E-state index is 10.8. The van der Waals surface area contributed by atoms with E-state index in [0.29, 0.717) is 5.02 Å². The molecule has 0 radical (unpaired) electrons. The Hall–Kier alpha value is -1.91. The van der Waals surface area contributed by atoms with Gasteiger partial charge in [0, 0.05) is 23.7 Å². The highest BCUT2D eigenvalue weighted by Crippen LogP contribution is 2.28. The predicted molar refractivity (Wildman–Crippen MR) is 85.5 cm³/mol. The maximum atomic E-state index is 10.8. The molecule has 0 aromatic heterocycles. The molecule has 0 spiro atoms. The van der Waals surface area contributed by atoms with Gasteiger partial charge in [0.15, 0.2) is 0 Å². The van der Waals surface area contributed by atoms with E-state index in [4.69, 9.17) is 11.6 Å². The van der Waals surface area contributed by atoms with Gasteiger partial charge in [-0.2, -0.15) is 0 Å². The first-order chi connectivity index (χ1) is 10.1. The quantitative estimate of drug-likeness (QED) is 0.488. The van der Waals surface area contributed by atoms with Gasteiger partial charge in [-0.1, -0.05) is 42.8 Å². The van der Waals surface area contributed by atoms with Gasteiger partial charge in [-0.05, 0) is 35.7 Å². The van der Waals surface area contributed by atoms with Crippen LogP contribution in [0.25, 0.3) is 11.1 Å². The van der Waals surface area contributed by atoms with Crippen LogP contribution in [0.4, 0.5) is 5.69 Å². The lowest BCUT2D eigenvalue weighted by molar-refractivity contribution is -0.384. The average molecular weight is 305 g/mol. The Morgan fingerprint density at radius 3 is 2.62 bits per heavy atom. The number of hydrogen-bond donors (Lipinski definition) is 1. The molecule has 2 aromatic carbocycles. The third-order valence-corrected chi connectivity index (χ3v) is 3.54. The molecule has 1 N–H and O–H groups in total. The maximum Gasteiger partial charge on any atom is 0.270 e. The summed E-state index contributed by atoms with van der Waals surface area (Å²) in [5.74, 6) is 0. The van der Waals surface area contributed by atoms with E-state index in [1.807, 2.05) is 24.3 Å². The first-order valence-corrected chi connectivity index (χ1v) is 7.23. The van der Waals surface area contributed by atoms with Crippen LogP contribution in [-0.2, 0) is 6.54 Å². The van der Waals surface area contributed by atoms with E-state index in [-0.39, 0.29) is 5.69 Å². The van der Waals surface area contributed by atoms with E-state index in [9.17, 15) is 10.1 Å². The zero-order chi connectivity index (χ0) is 15.2. The van der Waals surface area contributed by atoms with Crippen LogP contribution in [0.3, 0.4) is 0 Å². The topological polar surface area (TPSA) is 55.2 Å². The molecule has 0 heterocycles. The lowest BCUT2D eigenvalue weighted by Crippen LogP contribution is -2.13. The van der Waals surface area contributed by atoms with Crippen LogP contribution in [0, 0.1) is 10.1 Å². The Labute approximate surface area is 128 Å². The third-order valence-electron chi connectivity index (χ3n) is 3.19. The highest BCUT2D eigenvalue weighted by Gasteiger charge is 2.08. The fourth-order valence-corrected chi connectivity index (χ4v) is 2.32. The molecular formula is C16H17ClN2O2. The first-order valence-electron chi connectivity index (χ1n) is 6.85. The monoisotopic (exact) mass is 304 g/mol. The van der Waals surface area contributed by atoms with E-state index in [2.05, 4.69) is 12.2 Å². The van der Waals surface area contributed by atoms with Crippen LogP contribution >= 0.6 is 11.6 Å². The number of rotatable bonds is 6. The van der Waals surface area contributed by atoms with Crippen LogP contribution < -0.4 is 5.32 Å². The molecule has 0 saturated heterocycles. The Morgan fingerprint density at radius 2 is 1.95 bits per heavy atom. The summed E-state index contributed by atoms with van der Waals surface area (Å²) in [5.41, 5.74) is 2.78. The van der Waals surface area contributed by atoms with Gasteiger partial charge in [-0.15, -0.1) is 0 Å². The zero-order valence-corrected chi connectivity index (χ0v) is 12.6. The van der Waals surface area contributed by atoms with Gasteiger partial charge < -0.3 is 5.32 Å². The summed E-state index contributed by atoms with van der Waals surface area (Å²) in [4.78, 5) is 10.4. The van der Waals surface area contributed by atoms with E-state index in [1.165, 1.54) is 6.07 Å². The van der Waals surface area contributed by atoms with Crippen molar-refractivity contribution in [1.82, 2.24) is 5.32 Å². The Balaban J connectivity index is 2.23. The molecule has 21 heavy (non-hydrogen) atoms. The van der Waals surface area contributed by atoms with Crippen molar-refractivity contribution in [2.75, 3.05) is 6.54 Å². The van der Waals surface area contributed by atoms with Gasteiger partial charge >= 0.3 is 0 Å². The summed E-state index contributed by atoms with van der Waals surface area (Å²) >= 11 is 6.29. The van der Waals surface area contributed by atoms with Gasteiger partial charge in [-0.25, -0.2) is 0 Å². The van der Waals surface area contributed by atoms with E-state index < -0.39 is 4.92 Å². The SMILES string of the molecule is CCCNCc1ccc(-c2cccc([N+](=O)[O-])c2)cc1Cl. The Bertz CT molecular complexity index is 644. The van der Waals surface area contributed by atoms with Crippen molar-refractivity contribution >= 4 is 17.3 Å². The van der Waals surface area contributed by atoms with Crippen LogP contribution in [0.15, 0.2) is 42.5 Å². The standard InChI is InChI=1S/C16H17ClN2O2/c1-2-8-18-11-14-7-6-13(10-16(14)17)12-4-3-5-15(9-12)19(20)21/h3-7,9-10,18H,2,8,11H2,1H3. The van der Waals surface area contributed by atoms with Gasteiger partial charge in [0.2, 0.25) is 0 Å². The second-order valence-electron chi connectivity index (χ2n) is 4.79. The molecule has 5 heteroatoms. The van der Waals surface area contributed by atoms with E-state index in [1.54, 1.807) is 12.1 Å². The average Bonchev–Trinajstić information content (AvgIpc) is 2.49. The molecule has 0 saturated carbocycles. The summed E-state index contributed by atoms with van der Waals surface area (Å²) in [5, 5.41) is 14.8. The minimum absolute atomic E-state index is 0.0808. The number of benzene rings is 2. The van der Waals surface area contributed by atoms with Crippen molar-refractivity contribution in [3.8, 4) is 11.1 Å². The summed E-state index contributed by atoms with van der Waals surface area (Å²) in [6, 6.07) is 12.3. The lowest BCUT2D eigenvalue weighted by atomic mass is 10.0. The number of hydrogen-bond acceptors (Lipinski definition) is 3. The number of nitro benzene ring substituents is 1. The largest absolute Gasteiger partial charge is 0.313 e. The second-order valence-corrected chi connectivity index (χ2v) is 5.20. The number of nitrogens with zero attached hydrogens (tertiary/aromatic N) is 1. The van der Waals surface area contributed by atoms with Crippen molar-refractivity contribution in [3.63, 3.8) is 0 Å². The van der Waals surface area contributed by atoms with E-state index in [0.717, 1.165) is 36.2 Å². The van der Waals surface area contributed by atoms with Crippen LogP contribution in [-0.4, -0.2) is 11.5 Å². The summed E-state index contributed by atoms with van der Waals surface area (Å²) < 4.78 is 0. The normalized spacial score (nSPS) is 10.6. The summed E-state index contributed by atoms with van der Waals surface area (Å²) in [6.45, 7) is 3.78. The number of nitro groups is 1. The number of non-ortho nitro benzene ring substituents is 1. The van der Waals surface area contributed by atoms with Crippen molar-refractivity contribution in [2.45, 2.75) is 19.9 Å². The third kappa shape index (κ3) is 4.03. The molecular weight excluding hydrogens is 288 g/mol. The molecule has 2 aromatic rings. The summed E-state index contributed by atoms with van der Waals surface area (Å²) in [7, 11) is 0. The minimum atomic E-state index is -0.395. The van der Waals surface area contributed by atoms with Crippen molar-refractivity contribution in [2.24, 2.45) is 0 Å². The highest BCUT2D eigenvalue weighted by molar-refractivity contribution is 6.31.